The zero-order valence-electron chi connectivity index (χ0n) is 19.4. The first-order valence-corrected chi connectivity index (χ1v) is 12.2. The van der Waals surface area contributed by atoms with Crippen LogP contribution in [0.5, 0.6) is 11.5 Å². The number of rotatable bonds is 11. The molecule has 4 amide bonds. The number of urea groups is 1. The normalized spacial score (nSPS) is 15.0. The number of methoxy groups -OCH3 is 1. The van der Waals surface area contributed by atoms with Gasteiger partial charge in [-0.2, -0.15) is 0 Å². The molecule has 0 aromatic heterocycles. The van der Waals surface area contributed by atoms with E-state index in [1.807, 2.05) is 0 Å². The van der Waals surface area contributed by atoms with Crippen molar-refractivity contribution in [3.8, 4) is 11.5 Å². The van der Waals surface area contributed by atoms with Gasteiger partial charge in [0.1, 0.15) is 5.57 Å². The molecule has 34 heavy (non-hydrogen) atoms. The zero-order valence-corrected chi connectivity index (χ0v) is 21.0. The van der Waals surface area contributed by atoms with E-state index in [4.69, 9.17) is 9.47 Å². The fourth-order valence-electron chi connectivity index (χ4n) is 3.66. The number of halogens is 1. The molecule has 0 radical (unpaired) electrons. The van der Waals surface area contributed by atoms with Gasteiger partial charge < -0.3 is 9.47 Å². The lowest BCUT2D eigenvalue weighted by atomic mass is 10.1. The largest absolute Gasteiger partial charge is 0.493 e. The van der Waals surface area contributed by atoms with Crippen LogP contribution in [-0.2, 0) is 9.59 Å². The van der Waals surface area contributed by atoms with Gasteiger partial charge >= 0.3 is 6.03 Å². The van der Waals surface area contributed by atoms with Gasteiger partial charge in [0, 0.05) is 0 Å². The summed E-state index contributed by atoms with van der Waals surface area (Å²) >= 11 is 3.51. The lowest BCUT2D eigenvalue weighted by Crippen LogP contribution is -2.54. The Bertz CT molecular complexity index is 1070. The topological polar surface area (TPSA) is 84.9 Å². The third kappa shape index (κ3) is 6.26. The van der Waals surface area contributed by atoms with E-state index in [0.717, 1.165) is 17.7 Å². The molecule has 1 N–H and O–H groups in total. The Morgan fingerprint density at radius 3 is 2.41 bits per heavy atom. The summed E-state index contributed by atoms with van der Waals surface area (Å²) in [5.41, 5.74) is 0.773. The summed E-state index contributed by atoms with van der Waals surface area (Å²) in [5, 5.41) is 2.23. The van der Waals surface area contributed by atoms with Crippen LogP contribution in [0.1, 0.15) is 51.0 Å². The molecule has 7 nitrogen and oxygen atoms in total. The predicted octanol–water partition coefficient (Wildman–Crippen LogP) is 5.86. The first kappa shape index (κ1) is 25.5. The molecule has 0 saturated carbocycles. The molecule has 2 aromatic rings. The minimum absolute atomic E-state index is 0.154. The fraction of sp³-hybridized carbons (Fsp3) is 0.346. The van der Waals surface area contributed by atoms with E-state index in [0.29, 0.717) is 33.8 Å². The monoisotopic (exact) mass is 528 g/mol. The highest BCUT2D eigenvalue weighted by Gasteiger charge is 2.36. The minimum atomic E-state index is -0.782. The van der Waals surface area contributed by atoms with Crippen LogP contribution in [0, 0.1) is 0 Å². The second-order valence-electron chi connectivity index (χ2n) is 7.94. The van der Waals surface area contributed by atoms with Crippen molar-refractivity contribution in [2.24, 2.45) is 0 Å². The summed E-state index contributed by atoms with van der Waals surface area (Å²) in [6.07, 6.45) is 8.41. The van der Waals surface area contributed by atoms with Crippen molar-refractivity contribution in [1.29, 1.82) is 0 Å². The maximum absolute atomic E-state index is 13.0. The van der Waals surface area contributed by atoms with E-state index in [1.165, 1.54) is 38.9 Å². The Morgan fingerprint density at radius 2 is 1.71 bits per heavy atom. The quantitative estimate of drug-likeness (QED) is 0.224. The molecule has 1 aliphatic heterocycles. The number of anilines is 1. The average Bonchev–Trinajstić information content (AvgIpc) is 2.82. The van der Waals surface area contributed by atoms with Gasteiger partial charge in [-0.3, -0.25) is 14.9 Å². The first-order chi connectivity index (χ1) is 16.5. The number of ether oxygens (including phenoxy) is 2. The molecule has 1 heterocycles. The summed E-state index contributed by atoms with van der Waals surface area (Å²) < 4.78 is 12.1. The highest BCUT2D eigenvalue weighted by atomic mass is 79.9. The number of benzene rings is 2. The van der Waals surface area contributed by atoms with Crippen LogP contribution in [0.4, 0.5) is 10.5 Å². The number of hydrogen-bond donors (Lipinski definition) is 1. The number of nitrogens with zero attached hydrogens (tertiary/aromatic N) is 1. The van der Waals surface area contributed by atoms with Crippen molar-refractivity contribution in [2.75, 3.05) is 18.6 Å². The Morgan fingerprint density at radius 1 is 1.00 bits per heavy atom. The summed E-state index contributed by atoms with van der Waals surface area (Å²) in [7, 11) is 1.53. The molecule has 1 saturated heterocycles. The van der Waals surface area contributed by atoms with E-state index in [1.54, 1.807) is 42.5 Å². The standard InChI is InChI=1S/C26H29BrN2O5/c1-3-4-5-6-7-11-14-34-23-21(27)16-18(17-22(23)33-2)15-20-24(30)28-26(32)29(25(20)31)19-12-9-8-10-13-19/h8-10,12-13,15-17H,3-7,11,14H2,1-2H3,(H,28,30,32)/b20-15-. The molecule has 1 fully saturated rings. The fourth-order valence-corrected chi connectivity index (χ4v) is 4.23. The molecule has 1 aliphatic rings. The van der Waals surface area contributed by atoms with E-state index in [-0.39, 0.29) is 5.57 Å². The summed E-state index contributed by atoms with van der Waals surface area (Å²) in [5.74, 6) is -0.398. The average molecular weight is 529 g/mol. The number of unbranched alkanes of at least 4 members (excludes halogenated alkanes) is 5. The van der Waals surface area contributed by atoms with Crippen molar-refractivity contribution in [3.05, 3.63) is 58.1 Å². The molecular weight excluding hydrogens is 500 g/mol. The van der Waals surface area contributed by atoms with Crippen molar-refractivity contribution >= 4 is 45.5 Å². The summed E-state index contributed by atoms with van der Waals surface area (Å²) in [6, 6.07) is 11.1. The van der Waals surface area contributed by atoms with Crippen molar-refractivity contribution in [3.63, 3.8) is 0 Å². The number of imide groups is 2. The molecule has 0 atom stereocenters. The Balaban J connectivity index is 1.78. The highest BCUT2D eigenvalue weighted by molar-refractivity contribution is 9.10. The SMILES string of the molecule is CCCCCCCCOc1c(Br)cc(/C=C2/C(=O)NC(=O)N(c3ccccc3)C2=O)cc1OC. The summed E-state index contributed by atoms with van der Waals surface area (Å²) in [6.45, 7) is 2.76. The highest BCUT2D eigenvalue weighted by Crippen LogP contribution is 2.37. The van der Waals surface area contributed by atoms with E-state index in [9.17, 15) is 14.4 Å². The van der Waals surface area contributed by atoms with Crippen molar-refractivity contribution < 1.29 is 23.9 Å². The number of nitrogens with one attached hydrogen (secondary N) is 1. The maximum atomic E-state index is 13.0. The van der Waals surface area contributed by atoms with E-state index in [2.05, 4.69) is 28.2 Å². The molecule has 0 spiro atoms. The number of amides is 4. The van der Waals surface area contributed by atoms with Crippen molar-refractivity contribution in [1.82, 2.24) is 5.32 Å². The molecule has 0 aliphatic carbocycles. The molecular formula is C26H29BrN2O5. The number of hydrogen-bond acceptors (Lipinski definition) is 5. The van der Waals surface area contributed by atoms with Gasteiger partial charge in [0.05, 0.1) is 23.9 Å². The van der Waals surface area contributed by atoms with Gasteiger partial charge in [0.25, 0.3) is 11.8 Å². The number of para-hydroxylation sites is 1. The predicted molar refractivity (Wildman–Crippen MR) is 135 cm³/mol. The van der Waals surface area contributed by atoms with Gasteiger partial charge in [-0.1, -0.05) is 57.2 Å². The molecule has 3 rings (SSSR count). The lowest BCUT2D eigenvalue weighted by molar-refractivity contribution is -0.122. The smallest absolute Gasteiger partial charge is 0.335 e. The van der Waals surface area contributed by atoms with Crippen LogP contribution < -0.4 is 19.7 Å². The Labute approximate surface area is 208 Å². The van der Waals surface area contributed by atoms with Gasteiger partial charge in [-0.05, 0) is 58.3 Å². The van der Waals surface area contributed by atoms with Crippen molar-refractivity contribution in [2.45, 2.75) is 45.4 Å². The number of carbonyl (C=O) groups excluding carboxylic acids is 3. The summed E-state index contributed by atoms with van der Waals surface area (Å²) in [4.78, 5) is 38.7. The lowest BCUT2D eigenvalue weighted by Gasteiger charge is -2.26. The Kier molecular flexibility index (Phi) is 9.27. The number of carbonyl (C=O) groups is 3. The van der Waals surface area contributed by atoms with Gasteiger partial charge in [0.15, 0.2) is 11.5 Å². The maximum Gasteiger partial charge on any atom is 0.335 e. The molecule has 8 heteroatoms. The molecule has 2 aromatic carbocycles. The molecule has 0 bridgehead atoms. The second-order valence-corrected chi connectivity index (χ2v) is 8.80. The van der Waals surface area contributed by atoms with E-state index >= 15 is 0 Å². The van der Waals surface area contributed by atoms with Crippen LogP contribution in [-0.4, -0.2) is 31.6 Å². The third-order valence-electron chi connectivity index (χ3n) is 5.42. The number of barbiturate groups is 1. The van der Waals surface area contributed by atoms with Gasteiger partial charge in [-0.15, -0.1) is 0 Å². The van der Waals surface area contributed by atoms with Crippen LogP contribution in [0.15, 0.2) is 52.5 Å². The van der Waals surface area contributed by atoms with Crippen LogP contribution in [0.3, 0.4) is 0 Å². The van der Waals surface area contributed by atoms with Crippen LogP contribution >= 0.6 is 15.9 Å². The third-order valence-corrected chi connectivity index (χ3v) is 6.01. The van der Waals surface area contributed by atoms with Gasteiger partial charge in [0.2, 0.25) is 0 Å². The van der Waals surface area contributed by atoms with Crippen LogP contribution in [0.25, 0.3) is 6.08 Å². The molecule has 180 valence electrons. The second kappa shape index (κ2) is 12.4. The first-order valence-electron chi connectivity index (χ1n) is 11.4. The minimum Gasteiger partial charge on any atom is -0.493 e. The van der Waals surface area contributed by atoms with Gasteiger partial charge in [-0.25, -0.2) is 9.69 Å². The van der Waals surface area contributed by atoms with E-state index < -0.39 is 17.8 Å². The Hall–Kier alpha value is -3.13. The zero-order chi connectivity index (χ0) is 24.5. The van der Waals surface area contributed by atoms with Crippen LogP contribution in [0.2, 0.25) is 0 Å². The molecule has 0 unspecified atom stereocenters.